The molecule has 1 saturated heterocycles. The van der Waals surface area contributed by atoms with Crippen LogP contribution in [-0.4, -0.2) is 46.8 Å². The van der Waals surface area contributed by atoms with Crippen LogP contribution >= 0.6 is 12.4 Å². The smallest absolute Gasteiger partial charge is 0.257 e. The van der Waals surface area contributed by atoms with Crippen LogP contribution in [0, 0.1) is 5.82 Å². The SMILES string of the molecule is CC(C)c1c(C(=O)N2CCNCC2)cnn1-c1ccc(F)cc1.Cl. The molecular weight excluding hydrogens is 331 g/mol. The summed E-state index contributed by atoms with van der Waals surface area (Å²) in [5.74, 6) is -0.142. The number of benzene rings is 1. The van der Waals surface area contributed by atoms with Crippen molar-refractivity contribution in [1.82, 2.24) is 20.0 Å². The van der Waals surface area contributed by atoms with Crippen molar-refractivity contribution in [2.75, 3.05) is 26.2 Å². The summed E-state index contributed by atoms with van der Waals surface area (Å²) in [4.78, 5) is 14.7. The number of rotatable bonds is 3. The number of carbonyl (C=O) groups is 1. The molecule has 7 heteroatoms. The Morgan fingerprint density at radius 2 is 1.83 bits per heavy atom. The molecule has 0 aliphatic carbocycles. The van der Waals surface area contributed by atoms with Crippen molar-refractivity contribution in [3.8, 4) is 5.69 Å². The second kappa shape index (κ2) is 7.77. The molecule has 1 aromatic heterocycles. The van der Waals surface area contributed by atoms with Gasteiger partial charge in [-0.15, -0.1) is 12.4 Å². The summed E-state index contributed by atoms with van der Waals surface area (Å²) < 4.78 is 14.9. The minimum absolute atomic E-state index is 0. The topological polar surface area (TPSA) is 50.2 Å². The lowest BCUT2D eigenvalue weighted by atomic mass is 10.0. The second-order valence-corrected chi connectivity index (χ2v) is 6.03. The third-order valence-electron chi connectivity index (χ3n) is 4.06. The van der Waals surface area contributed by atoms with Gasteiger partial charge in [0.1, 0.15) is 5.82 Å². The Kier molecular flexibility index (Phi) is 5.96. The summed E-state index contributed by atoms with van der Waals surface area (Å²) in [6.07, 6.45) is 1.63. The van der Waals surface area contributed by atoms with Crippen molar-refractivity contribution in [2.45, 2.75) is 19.8 Å². The van der Waals surface area contributed by atoms with E-state index in [9.17, 15) is 9.18 Å². The van der Waals surface area contributed by atoms with Crippen LogP contribution in [0.4, 0.5) is 4.39 Å². The normalized spacial score (nSPS) is 14.6. The Morgan fingerprint density at radius 3 is 2.42 bits per heavy atom. The number of nitrogens with one attached hydrogen (secondary N) is 1. The summed E-state index contributed by atoms with van der Waals surface area (Å²) in [7, 11) is 0. The molecule has 2 heterocycles. The highest BCUT2D eigenvalue weighted by molar-refractivity contribution is 5.95. The van der Waals surface area contributed by atoms with Crippen LogP contribution in [-0.2, 0) is 0 Å². The molecule has 0 spiro atoms. The minimum atomic E-state index is -0.288. The fourth-order valence-corrected chi connectivity index (χ4v) is 2.90. The van der Waals surface area contributed by atoms with Gasteiger partial charge < -0.3 is 10.2 Å². The number of aromatic nitrogens is 2. The monoisotopic (exact) mass is 352 g/mol. The summed E-state index contributed by atoms with van der Waals surface area (Å²) in [6.45, 7) is 7.11. The predicted molar refractivity (Wildman–Crippen MR) is 93.6 cm³/mol. The van der Waals surface area contributed by atoms with Gasteiger partial charge in [-0.25, -0.2) is 9.07 Å². The van der Waals surface area contributed by atoms with Gasteiger partial charge in [-0.2, -0.15) is 5.10 Å². The van der Waals surface area contributed by atoms with Crippen LogP contribution < -0.4 is 5.32 Å². The minimum Gasteiger partial charge on any atom is -0.336 e. The van der Waals surface area contributed by atoms with E-state index in [1.54, 1.807) is 23.0 Å². The molecule has 1 amide bonds. The quantitative estimate of drug-likeness (QED) is 0.923. The van der Waals surface area contributed by atoms with Gasteiger partial charge in [0.15, 0.2) is 0 Å². The Morgan fingerprint density at radius 1 is 1.21 bits per heavy atom. The van der Waals surface area contributed by atoms with Crippen LogP contribution in [0.2, 0.25) is 0 Å². The van der Waals surface area contributed by atoms with Crippen molar-refractivity contribution in [2.24, 2.45) is 0 Å². The van der Waals surface area contributed by atoms with Crippen molar-refractivity contribution in [1.29, 1.82) is 0 Å². The van der Waals surface area contributed by atoms with Gasteiger partial charge in [0.05, 0.1) is 23.1 Å². The molecular formula is C17H22ClFN4O. The van der Waals surface area contributed by atoms with Crippen LogP contribution in [0.5, 0.6) is 0 Å². The Labute approximate surface area is 147 Å². The molecule has 3 rings (SSSR count). The second-order valence-electron chi connectivity index (χ2n) is 6.03. The molecule has 130 valence electrons. The lowest BCUT2D eigenvalue weighted by Crippen LogP contribution is -2.46. The fraction of sp³-hybridized carbons (Fsp3) is 0.412. The largest absolute Gasteiger partial charge is 0.336 e. The average molecular weight is 353 g/mol. The first kappa shape index (κ1) is 18.4. The third-order valence-corrected chi connectivity index (χ3v) is 4.06. The van der Waals surface area contributed by atoms with E-state index in [-0.39, 0.29) is 30.0 Å². The van der Waals surface area contributed by atoms with E-state index < -0.39 is 0 Å². The van der Waals surface area contributed by atoms with Gasteiger partial charge >= 0.3 is 0 Å². The molecule has 1 aliphatic heterocycles. The van der Waals surface area contributed by atoms with Gasteiger partial charge in [-0.05, 0) is 30.2 Å². The summed E-state index contributed by atoms with van der Waals surface area (Å²) in [5, 5.41) is 7.63. The molecule has 0 atom stereocenters. The summed E-state index contributed by atoms with van der Waals surface area (Å²) >= 11 is 0. The van der Waals surface area contributed by atoms with Gasteiger partial charge in [0.25, 0.3) is 5.91 Å². The lowest BCUT2D eigenvalue weighted by molar-refractivity contribution is 0.0734. The van der Waals surface area contributed by atoms with E-state index in [2.05, 4.69) is 10.4 Å². The molecule has 1 aromatic carbocycles. The lowest BCUT2D eigenvalue weighted by Gasteiger charge is -2.27. The molecule has 1 fully saturated rings. The number of hydrogen-bond donors (Lipinski definition) is 1. The number of amides is 1. The summed E-state index contributed by atoms with van der Waals surface area (Å²) in [5.41, 5.74) is 2.25. The molecule has 1 N–H and O–H groups in total. The third kappa shape index (κ3) is 3.60. The van der Waals surface area contributed by atoms with E-state index in [1.165, 1.54) is 12.1 Å². The maximum absolute atomic E-state index is 13.1. The van der Waals surface area contributed by atoms with E-state index in [4.69, 9.17) is 0 Å². The van der Waals surface area contributed by atoms with Crippen molar-refractivity contribution in [3.05, 3.63) is 47.5 Å². The highest BCUT2D eigenvalue weighted by Gasteiger charge is 2.25. The fourth-order valence-electron chi connectivity index (χ4n) is 2.90. The molecule has 5 nitrogen and oxygen atoms in total. The number of hydrogen-bond acceptors (Lipinski definition) is 3. The zero-order valence-electron chi connectivity index (χ0n) is 13.8. The number of nitrogens with zero attached hydrogens (tertiary/aromatic N) is 3. The highest BCUT2D eigenvalue weighted by Crippen LogP contribution is 2.24. The molecule has 0 radical (unpaired) electrons. The van der Waals surface area contributed by atoms with Crippen molar-refractivity contribution < 1.29 is 9.18 Å². The number of piperazine rings is 1. The Hall–Kier alpha value is -1.92. The van der Waals surface area contributed by atoms with Gasteiger partial charge in [-0.3, -0.25) is 4.79 Å². The first-order valence-electron chi connectivity index (χ1n) is 7.92. The molecule has 24 heavy (non-hydrogen) atoms. The van der Waals surface area contributed by atoms with Crippen molar-refractivity contribution in [3.63, 3.8) is 0 Å². The first-order chi connectivity index (χ1) is 11.1. The van der Waals surface area contributed by atoms with E-state index in [0.29, 0.717) is 18.7 Å². The average Bonchev–Trinajstić information content (AvgIpc) is 3.01. The van der Waals surface area contributed by atoms with Crippen LogP contribution in [0.1, 0.15) is 35.8 Å². The van der Waals surface area contributed by atoms with Gasteiger partial charge in [0, 0.05) is 26.2 Å². The van der Waals surface area contributed by atoms with Crippen LogP contribution in [0.15, 0.2) is 30.5 Å². The standard InChI is InChI=1S/C17H21FN4O.ClH/c1-12(2)16-15(17(23)21-9-7-19-8-10-21)11-20-22(16)14-5-3-13(18)4-6-14;/h3-6,11-12,19H,7-10H2,1-2H3;1H. The molecule has 2 aromatic rings. The van der Waals surface area contributed by atoms with Gasteiger partial charge in [-0.1, -0.05) is 13.8 Å². The number of carbonyl (C=O) groups excluding carboxylic acids is 1. The molecule has 1 aliphatic rings. The van der Waals surface area contributed by atoms with E-state index in [0.717, 1.165) is 24.5 Å². The highest BCUT2D eigenvalue weighted by atomic mass is 35.5. The van der Waals surface area contributed by atoms with Crippen LogP contribution in [0.25, 0.3) is 5.69 Å². The number of halogens is 2. The molecule has 0 saturated carbocycles. The Balaban J connectivity index is 0.00000208. The predicted octanol–water partition coefficient (Wildman–Crippen LogP) is 2.60. The summed E-state index contributed by atoms with van der Waals surface area (Å²) in [6, 6.07) is 6.15. The Bertz CT molecular complexity index is 693. The molecule has 0 unspecified atom stereocenters. The maximum Gasteiger partial charge on any atom is 0.257 e. The van der Waals surface area contributed by atoms with Gasteiger partial charge in [0.2, 0.25) is 0 Å². The van der Waals surface area contributed by atoms with E-state index in [1.807, 2.05) is 18.7 Å². The zero-order valence-corrected chi connectivity index (χ0v) is 14.6. The van der Waals surface area contributed by atoms with E-state index >= 15 is 0 Å². The van der Waals surface area contributed by atoms with Crippen molar-refractivity contribution >= 4 is 18.3 Å². The van der Waals surface area contributed by atoms with Crippen LogP contribution in [0.3, 0.4) is 0 Å². The molecule has 0 bridgehead atoms. The first-order valence-corrected chi connectivity index (χ1v) is 7.92. The maximum atomic E-state index is 13.1. The zero-order chi connectivity index (χ0) is 16.4.